The molecule has 1 heterocycles. The second kappa shape index (κ2) is 13.4. The summed E-state index contributed by atoms with van der Waals surface area (Å²) in [5.41, 5.74) is 6.40. The molecule has 0 amide bonds. The molecule has 10 aromatic rings. The Morgan fingerprint density at radius 3 is 1.56 bits per heavy atom. The van der Waals surface area contributed by atoms with Gasteiger partial charge in [0.1, 0.15) is 0 Å². The molecule has 0 fully saturated rings. The van der Waals surface area contributed by atoms with Gasteiger partial charge in [-0.15, -0.1) is 0 Å². The molecule has 0 aliphatic carbocycles. The molecule has 0 spiro atoms. The predicted molar refractivity (Wildman–Crippen MR) is 225 cm³/mol. The minimum Gasteiger partial charge on any atom is -0.208 e. The van der Waals surface area contributed by atoms with Crippen LogP contribution in [-0.2, 0) is 0 Å². The molecule has 0 saturated heterocycles. The standard InChI is InChI=1S/C51H33N3/c1-3-13-34(14-4-1)35-23-27-39(28-24-35)49-52-50(54-51(53-49)46-22-12-11-19-42(46)36-15-5-2-6-16-36)40-29-25-38(26-30-40)48-44-21-10-8-18-41(44)33-47-43-20-9-7-17-37(43)31-32-45(47)48/h1-33H/i25D,26D,29D,30D. The van der Waals surface area contributed by atoms with E-state index in [2.05, 4.69) is 30.3 Å². The Morgan fingerprint density at radius 1 is 0.296 bits per heavy atom. The average Bonchev–Trinajstić information content (AvgIpc) is 3.29. The van der Waals surface area contributed by atoms with Crippen LogP contribution in [0.2, 0.25) is 0 Å². The third-order valence-electron chi connectivity index (χ3n) is 10.0. The molecular formula is C51H33N3. The molecule has 0 aliphatic rings. The molecule has 1 aromatic heterocycles. The lowest BCUT2D eigenvalue weighted by Gasteiger charge is -2.15. The number of rotatable bonds is 6. The van der Waals surface area contributed by atoms with Crippen molar-refractivity contribution in [2.24, 2.45) is 0 Å². The zero-order valence-electron chi connectivity index (χ0n) is 33.1. The maximum absolute atomic E-state index is 9.60. The van der Waals surface area contributed by atoms with Crippen LogP contribution < -0.4 is 0 Å². The number of hydrogen-bond acceptors (Lipinski definition) is 3. The van der Waals surface area contributed by atoms with E-state index in [1.165, 1.54) is 0 Å². The van der Waals surface area contributed by atoms with Crippen LogP contribution in [0.4, 0.5) is 0 Å². The van der Waals surface area contributed by atoms with Gasteiger partial charge >= 0.3 is 0 Å². The molecule has 3 nitrogen and oxygen atoms in total. The first kappa shape index (κ1) is 27.4. The average molecular weight is 692 g/mol. The van der Waals surface area contributed by atoms with Crippen molar-refractivity contribution in [1.82, 2.24) is 15.0 Å². The monoisotopic (exact) mass is 691 g/mol. The van der Waals surface area contributed by atoms with E-state index >= 15 is 0 Å². The summed E-state index contributed by atoms with van der Waals surface area (Å²) in [4.78, 5) is 14.9. The first-order valence-corrected chi connectivity index (χ1v) is 18.0. The first-order chi connectivity index (χ1) is 28.4. The topological polar surface area (TPSA) is 38.7 Å². The molecule has 0 bridgehead atoms. The lowest BCUT2D eigenvalue weighted by molar-refractivity contribution is 1.07. The minimum absolute atomic E-state index is 0.0109. The van der Waals surface area contributed by atoms with Crippen molar-refractivity contribution in [1.29, 1.82) is 0 Å². The number of hydrogen-bond donors (Lipinski definition) is 0. The van der Waals surface area contributed by atoms with E-state index in [1.54, 1.807) is 0 Å². The van der Waals surface area contributed by atoms with Crippen molar-refractivity contribution < 1.29 is 5.48 Å². The smallest absolute Gasteiger partial charge is 0.164 e. The van der Waals surface area contributed by atoms with Gasteiger partial charge in [-0.2, -0.15) is 0 Å². The van der Waals surface area contributed by atoms with Crippen LogP contribution in [0.3, 0.4) is 0 Å². The second-order valence-electron chi connectivity index (χ2n) is 13.3. The molecule has 0 atom stereocenters. The number of aromatic nitrogens is 3. The summed E-state index contributed by atoms with van der Waals surface area (Å²) in [6.07, 6.45) is 0. The van der Waals surface area contributed by atoms with Crippen LogP contribution in [0.15, 0.2) is 200 Å². The molecule has 54 heavy (non-hydrogen) atoms. The summed E-state index contributed by atoms with van der Waals surface area (Å²) in [5, 5.41) is 5.76. The highest BCUT2D eigenvalue weighted by atomic mass is 15.0. The summed E-state index contributed by atoms with van der Waals surface area (Å²) < 4.78 is 38.3. The van der Waals surface area contributed by atoms with Gasteiger partial charge in [-0.1, -0.05) is 194 Å². The third kappa shape index (κ3) is 5.69. The lowest BCUT2D eigenvalue weighted by atomic mass is 9.89. The van der Waals surface area contributed by atoms with E-state index in [9.17, 15) is 5.48 Å². The van der Waals surface area contributed by atoms with Gasteiger partial charge in [0, 0.05) is 16.7 Å². The fourth-order valence-corrected chi connectivity index (χ4v) is 7.37. The fourth-order valence-electron chi connectivity index (χ4n) is 7.37. The first-order valence-electron chi connectivity index (χ1n) is 20.0. The molecule has 0 aliphatic heterocycles. The highest BCUT2D eigenvalue weighted by Crippen LogP contribution is 2.40. The van der Waals surface area contributed by atoms with Crippen LogP contribution in [-0.4, -0.2) is 15.0 Å². The Hall–Kier alpha value is -7.23. The summed E-state index contributed by atoms with van der Waals surface area (Å²) in [7, 11) is 0. The van der Waals surface area contributed by atoms with Crippen molar-refractivity contribution in [3.8, 4) is 67.5 Å². The molecule has 3 heteroatoms. The van der Waals surface area contributed by atoms with Crippen molar-refractivity contribution in [3.05, 3.63) is 200 Å². The Kier molecular flexibility index (Phi) is 6.80. The van der Waals surface area contributed by atoms with Crippen molar-refractivity contribution in [2.45, 2.75) is 0 Å². The van der Waals surface area contributed by atoms with Gasteiger partial charge in [-0.25, -0.2) is 15.0 Å². The highest BCUT2D eigenvalue weighted by Gasteiger charge is 2.17. The van der Waals surface area contributed by atoms with Crippen LogP contribution in [0, 0.1) is 0 Å². The molecule has 0 radical (unpaired) electrons. The Balaban J connectivity index is 1.21. The Morgan fingerprint density at radius 2 is 0.815 bits per heavy atom. The predicted octanol–water partition coefficient (Wildman–Crippen LogP) is 13.3. The van der Waals surface area contributed by atoms with Gasteiger partial charge in [0.25, 0.3) is 0 Å². The number of benzene rings is 9. The van der Waals surface area contributed by atoms with E-state index in [-0.39, 0.29) is 41.1 Å². The third-order valence-corrected chi connectivity index (χ3v) is 10.0. The highest BCUT2D eigenvalue weighted by molar-refractivity contribution is 6.20. The zero-order chi connectivity index (χ0) is 39.3. The maximum Gasteiger partial charge on any atom is 0.164 e. The summed E-state index contributed by atoms with van der Waals surface area (Å²) in [6.45, 7) is 0. The van der Waals surface area contributed by atoms with Gasteiger partial charge in [0.2, 0.25) is 0 Å². The SMILES string of the molecule is [2H]c1c([2H])c(-c2c3ccccc3cc3c2ccc2ccccc23)c([2H])c([2H])c1-c1nc(-c2ccc(-c3ccccc3)cc2)nc(-c2ccccc2-c2ccccc2)n1. The van der Waals surface area contributed by atoms with Crippen LogP contribution in [0.5, 0.6) is 0 Å². The number of fused-ring (bicyclic) bond motifs is 4. The van der Waals surface area contributed by atoms with E-state index < -0.39 is 0 Å². The summed E-state index contributed by atoms with van der Waals surface area (Å²) >= 11 is 0. The van der Waals surface area contributed by atoms with E-state index in [4.69, 9.17) is 15.0 Å². The number of nitrogens with zero attached hydrogens (tertiary/aromatic N) is 3. The molecule has 252 valence electrons. The molecule has 0 N–H and O–H groups in total. The van der Waals surface area contributed by atoms with Crippen molar-refractivity contribution >= 4 is 32.3 Å². The zero-order valence-corrected chi connectivity index (χ0v) is 29.1. The Labute approximate surface area is 319 Å². The Bertz CT molecular complexity index is 3180. The van der Waals surface area contributed by atoms with E-state index in [0.29, 0.717) is 17.2 Å². The van der Waals surface area contributed by atoms with E-state index in [0.717, 1.165) is 65.7 Å². The second-order valence-corrected chi connectivity index (χ2v) is 13.3. The molecule has 0 unspecified atom stereocenters. The van der Waals surface area contributed by atoms with E-state index in [1.807, 2.05) is 146 Å². The van der Waals surface area contributed by atoms with Gasteiger partial charge in [-0.3, -0.25) is 0 Å². The summed E-state index contributed by atoms with van der Waals surface area (Å²) in [5.74, 6) is 0.780. The van der Waals surface area contributed by atoms with Crippen LogP contribution >= 0.6 is 0 Å². The molecular weight excluding hydrogens is 655 g/mol. The van der Waals surface area contributed by atoms with Crippen LogP contribution in [0.1, 0.15) is 5.48 Å². The molecule has 10 rings (SSSR count). The van der Waals surface area contributed by atoms with Gasteiger partial charge < -0.3 is 0 Å². The fraction of sp³-hybridized carbons (Fsp3) is 0. The largest absolute Gasteiger partial charge is 0.208 e. The van der Waals surface area contributed by atoms with Gasteiger partial charge in [0.15, 0.2) is 17.5 Å². The maximum atomic E-state index is 9.60. The molecule has 0 saturated carbocycles. The van der Waals surface area contributed by atoms with Crippen LogP contribution in [0.25, 0.3) is 99.9 Å². The lowest BCUT2D eigenvalue weighted by Crippen LogP contribution is -2.01. The van der Waals surface area contributed by atoms with Gasteiger partial charge in [-0.05, 0) is 71.8 Å². The minimum atomic E-state index is -0.225. The molecule has 9 aromatic carbocycles. The quantitative estimate of drug-likeness (QED) is 0.129. The summed E-state index contributed by atoms with van der Waals surface area (Å²) in [6, 6.07) is 57.5. The van der Waals surface area contributed by atoms with Gasteiger partial charge in [0.05, 0.1) is 5.48 Å². The van der Waals surface area contributed by atoms with Crippen molar-refractivity contribution in [3.63, 3.8) is 0 Å². The normalized spacial score (nSPS) is 12.4. The van der Waals surface area contributed by atoms with Crippen molar-refractivity contribution in [2.75, 3.05) is 0 Å².